The van der Waals surface area contributed by atoms with Crippen LogP contribution < -0.4 is 0 Å². The molecule has 0 aromatic carbocycles. The predicted octanol–water partition coefficient (Wildman–Crippen LogP) is 6.48. The Hall–Kier alpha value is -3.38. The van der Waals surface area contributed by atoms with Gasteiger partial charge < -0.3 is 4.90 Å². The molecule has 3 nitrogen and oxygen atoms in total. The van der Waals surface area contributed by atoms with Gasteiger partial charge in [-0.05, 0) is 68.2 Å². The molecule has 154 valence electrons. The van der Waals surface area contributed by atoms with Crippen LogP contribution in [0.1, 0.15) is 51.4 Å². The van der Waals surface area contributed by atoms with Crippen molar-refractivity contribution in [2.75, 3.05) is 6.54 Å². The Balaban J connectivity index is 0.00000155. The highest BCUT2D eigenvalue weighted by Gasteiger charge is 2.18. The molecule has 0 spiro atoms. The van der Waals surface area contributed by atoms with Crippen molar-refractivity contribution in [3.63, 3.8) is 0 Å². The molecule has 0 atom stereocenters. The summed E-state index contributed by atoms with van der Waals surface area (Å²) >= 11 is 0. The molecule has 0 bridgehead atoms. The number of aromatic nitrogens is 1. The number of aliphatic imine (C=N–C) groups is 1. The minimum atomic E-state index is 0.662. The minimum absolute atomic E-state index is 0.662. The summed E-state index contributed by atoms with van der Waals surface area (Å²) in [7, 11) is 0. The van der Waals surface area contributed by atoms with E-state index in [-0.39, 0.29) is 0 Å². The fraction of sp³-hybridized carbons (Fsp3) is 0.259. The highest BCUT2D eigenvalue weighted by molar-refractivity contribution is 5.99. The first-order valence-electron chi connectivity index (χ1n) is 10.4. The zero-order chi connectivity index (χ0) is 22.1. The van der Waals surface area contributed by atoms with Crippen LogP contribution in [-0.2, 0) is 0 Å². The molecule has 0 saturated carbocycles. The molecule has 3 rings (SSSR count). The van der Waals surface area contributed by atoms with Gasteiger partial charge in [0.25, 0.3) is 0 Å². The first-order chi connectivity index (χ1) is 14.6. The summed E-state index contributed by atoms with van der Waals surface area (Å²) in [5.74, 6) is 3.92. The van der Waals surface area contributed by atoms with Crippen molar-refractivity contribution in [3.8, 4) is 12.0 Å². The van der Waals surface area contributed by atoms with E-state index >= 15 is 0 Å². The second-order valence-corrected chi connectivity index (χ2v) is 6.65. The summed E-state index contributed by atoms with van der Waals surface area (Å²) < 4.78 is 0. The number of rotatable bonds is 5. The molecule has 0 aliphatic carbocycles. The van der Waals surface area contributed by atoms with Gasteiger partial charge in [0.2, 0.25) is 0 Å². The molecule has 3 heterocycles. The number of hydrogen-bond donors (Lipinski definition) is 0. The Labute approximate surface area is 181 Å². The van der Waals surface area contributed by atoms with Gasteiger partial charge in [0.1, 0.15) is 5.84 Å². The van der Waals surface area contributed by atoms with E-state index in [0.29, 0.717) is 6.54 Å². The predicted molar refractivity (Wildman–Crippen MR) is 131 cm³/mol. The summed E-state index contributed by atoms with van der Waals surface area (Å²) in [4.78, 5) is 11.0. The maximum atomic E-state index is 4.69. The van der Waals surface area contributed by atoms with Crippen LogP contribution in [0.15, 0.2) is 77.6 Å². The van der Waals surface area contributed by atoms with Gasteiger partial charge in [0.15, 0.2) is 0 Å². The lowest BCUT2D eigenvalue weighted by atomic mass is 9.91. The number of pyridine rings is 1. The van der Waals surface area contributed by atoms with E-state index in [1.807, 2.05) is 38.3 Å². The number of aryl methyl sites for hydroxylation is 1. The topological polar surface area (TPSA) is 28.5 Å². The fourth-order valence-corrected chi connectivity index (χ4v) is 3.46. The normalized spacial score (nSPS) is 15.8. The standard InChI is InChI=1S/C25H25N3.C2H6/c1-6-10-18(4)22(7-2)21-15-24(19(5)27-16-21)23(8-3)20-11-12-25-26-13-9-14-28(25)17-20;1-2/h6-8,10-12,15-17H,1,14H2,2-5H3;1-2H3/b18-10-,22-7+,23-8-;. The van der Waals surface area contributed by atoms with E-state index < -0.39 is 0 Å². The largest absolute Gasteiger partial charge is 0.320 e. The van der Waals surface area contributed by atoms with E-state index in [2.05, 4.69) is 91.6 Å². The third-order valence-corrected chi connectivity index (χ3v) is 4.87. The maximum absolute atomic E-state index is 4.69. The number of fused-ring (bicyclic) bond motifs is 1. The molecule has 1 aromatic heterocycles. The quantitative estimate of drug-likeness (QED) is 0.420. The lowest BCUT2D eigenvalue weighted by molar-refractivity contribution is 0.625. The van der Waals surface area contributed by atoms with Crippen LogP contribution in [0.5, 0.6) is 0 Å². The van der Waals surface area contributed by atoms with Crippen molar-refractivity contribution in [3.05, 3.63) is 89.5 Å². The summed E-state index contributed by atoms with van der Waals surface area (Å²) in [5, 5.41) is 0. The number of hydrogen-bond acceptors (Lipinski definition) is 3. The lowest BCUT2D eigenvalue weighted by Crippen LogP contribution is -2.28. The lowest BCUT2D eigenvalue weighted by Gasteiger charge is -2.25. The van der Waals surface area contributed by atoms with Crippen LogP contribution >= 0.6 is 0 Å². The zero-order valence-corrected chi connectivity index (χ0v) is 19.0. The van der Waals surface area contributed by atoms with Gasteiger partial charge >= 0.3 is 0 Å². The Morgan fingerprint density at radius 1 is 1.20 bits per heavy atom. The van der Waals surface area contributed by atoms with Gasteiger partial charge in [0, 0.05) is 35.3 Å². The Kier molecular flexibility index (Phi) is 8.38. The van der Waals surface area contributed by atoms with Crippen molar-refractivity contribution >= 4 is 17.0 Å². The minimum Gasteiger partial charge on any atom is -0.320 e. The summed E-state index contributed by atoms with van der Waals surface area (Å²) in [6.07, 6.45) is 16.3. The van der Waals surface area contributed by atoms with Crippen LogP contribution in [0, 0.1) is 18.9 Å². The van der Waals surface area contributed by atoms with Gasteiger partial charge in [0.05, 0.1) is 6.54 Å². The van der Waals surface area contributed by atoms with Crippen molar-refractivity contribution in [1.82, 2.24) is 9.88 Å². The third-order valence-electron chi connectivity index (χ3n) is 4.87. The first-order valence-corrected chi connectivity index (χ1v) is 10.4. The molecule has 2 aliphatic heterocycles. The number of amidine groups is 1. The summed E-state index contributed by atoms with van der Waals surface area (Å²) in [6, 6.07) is 5.03. The molecule has 3 heteroatoms. The number of nitrogens with zero attached hydrogens (tertiary/aromatic N) is 3. The summed E-state index contributed by atoms with van der Waals surface area (Å²) in [6.45, 7) is 16.7. The smallest absolute Gasteiger partial charge is 0.143 e. The highest BCUT2D eigenvalue weighted by atomic mass is 15.2. The van der Waals surface area contributed by atoms with Gasteiger partial charge in [-0.2, -0.15) is 4.99 Å². The molecule has 0 amide bonds. The Morgan fingerprint density at radius 2 is 1.97 bits per heavy atom. The van der Waals surface area contributed by atoms with E-state index in [4.69, 9.17) is 0 Å². The third kappa shape index (κ3) is 4.96. The fourth-order valence-electron chi connectivity index (χ4n) is 3.46. The van der Waals surface area contributed by atoms with Crippen molar-refractivity contribution < 1.29 is 0 Å². The molecule has 0 radical (unpaired) electrons. The average molecular weight is 398 g/mol. The van der Waals surface area contributed by atoms with E-state index in [1.165, 1.54) is 5.57 Å². The summed E-state index contributed by atoms with van der Waals surface area (Å²) in [5.41, 5.74) is 7.85. The van der Waals surface area contributed by atoms with Gasteiger partial charge in [-0.1, -0.05) is 50.7 Å². The van der Waals surface area contributed by atoms with Crippen LogP contribution in [0.4, 0.5) is 0 Å². The van der Waals surface area contributed by atoms with Gasteiger partial charge in [-0.25, -0.2) is 0 Å². The highest BCUT2D eigenvalue weighted by Crippen LogP contribution is 2.32. The second-order valence-electron chi connectivity index (χ2n) is 6.65. The van der Waals surface area contributed by atoms with Gasteiger partial charge in [-0.15, -0.1) is 0 Å². The van der Waals surface area contributed by atoms with Crippen LogP contribution in [0.3, 0.4) is 0 Å². The number of allylic oxidation sites excluding steroid dienone is 9. The van der Waals surface area contributed by atoms with Crippen molar-refractivity contribution in [2.24, 2.45) is 4.99 Å². The molecule has 0 unspecified atom stereocenters. The molecule has 0 saturated heterocycles. The van der Waals surface area contributed by atoms with Crippen molar-refractivity contribution in [1.29, 1.82) is 0 Å². The molecule has 2 aliphatic rings. The van der Waals surface area contributed by atoms with Crippen LogP contribution in [0.2, 0.25) is 0 Å². The Morgan fingerprint density at radius 3 is 2.63 bits per heavy atom. The van der Waals surface area contributed by atoms with E-state index in [1.54, 1.807) is 0 Å². The van der Waals surface area contributed by atoms with Crippen molar-refractivity contribution in [2.45, 2.75) is 41.5 Å². The molecular formula is C27H31N3. The molecule has 30 heavy (non-hydrogen) atoms. The molecule has 1 aromatic rings. The Bertz CT molecular complexity index is 1050. The zero-order valence-electron chi connectivity index (χ0n) is 19.0. The molecule has 0 fully saturated rings. The van der Waals surface area contributed by atoms with E-state index in [0.717, 1.165) is 39.4 Å². The van der Waals surface area contributed by atoms with E-state index in [9.17, 15) is 0 Å². The van der Waals surface area contributed by atoms with Crippen LogP contribution in [0.25, 0.3) is 11.1 Å². The second kappa shape index (κ2) is 11.0. The van der Waals surface area contributed by atoms with Gasteiger partial charge in [-0.3, -0.25) is 4.98 Å². The monoisotopic (exact) mass is 397 g/mol. The maximum Gasteiger partial charge on any atom is 0.143 e. The first kappa shape index (κ1) is 22.9. The average Bonchev–Trinajstić information content (AvgIpc) is 2.78. The molecular weight excluding hydrogens is 366 g/mol. The van der Waals surface area contributed by atoms with Crippen LogP contribution in [-0.4, -0.2) is 22.3 Å². The SMILES string of the molecule is C=C/C=C(C)\C(=C/C)c1cnc(C)c(/C(=C\C)C2=CN3CC#CN=C3C=C2)c1.CC. The molecule has 0 N–H and O–H groups in total.